The highest BCUT2D eigenvalue weighted by Crippen LogP contribution is 2.29. The molecule has 1 aliphatic rings. The number of amides is 1. The number of hydrogen-bond acceptors (Lipinski definition) is 3. The number of piperidine rings is 1. The fourth-order valence-electron chi connectivity index (χ4n) is 3.46. The molecule has 156 valence electrons. The number of anilines is 1. The van der Waals surface area contributed by atoms with E-state index >= 15 is 0 Å². The first kappa shape index (κ1) is 22.1. The Labute approximate surface area is 182 Å². The van der Waals surface area contributed by atoms with Gasteiger partial charge in [-0.15, -0.1) is 0 Å². The Balaban J connectivity index is 1.62. The molecule has 1 saturated heterocycles. The Bertz CT molecular complexity index is 996. The van der Waals surface area contributed by atoms with Gasteiger partial charge < -0.3 is 5.32 Å². The van der Waals surface area contributed by atoms with Crippen LogP contribution in [0.2, 0.25) is 10.0 Å². The fourth-order valence-corrected chi connectivity index (χ4v) is 5.78. The first-order valence-corrected chi connectivity index (χ1v) is 11.8. The highest BCUT2D eigenvalue weighted by Gasteiger charge is 2.32. The highest BCUT2D eigenvalue weighted by molar-refractivity contribution is 7.88. The second-order valence-electron chi connectivity index (χ2n) is 7.37. The Hall–Kier alpha value is -1.60. The van der Waals surface area contributed by atoms with Crippen molar-refractivity contribution < 1.29 is 13.2 Å². The van der Waals surface area contributed by atoms with Gasteiger partial charge in [0.2, 0.25) is 15.9 Å². The summed E-state index contributed by atoms with van der Waals surface area (Å²) < 4.78 is 27.1. The molecule has 0 atom stereocenters. The molecule has 1 aliphatic heterocycles. The van der Waals surface area contributed by atoms with E-state index in [0.29, 0.717) is 41.5 Å². The standard InChI is InChI=1S/C21H24Cl2N2O3S/c1-14-5-3-8-20(15(14)2)24-21(26)16-9-11-25(12-10-16)29(27,28)13-17-18(22)6-4-7-19(17)23/h3-8,16H,9-13H2,1-2H3,(H,24,26). The van der Waals surface area contributed by atoms with Crippen LogP contribution in [-0.2, 0) is 20.6 Å². The SMILES string of the molecule is Cc1cccc(NC(=O)C2CCN(S(=O)(=O)Cc3c(Cl)cccc3Cl)CC2)c1C. The van der Waals surface area contributed by atoms with Crippen LogP contribution in [0.5, 0.6) is 0 Å². The van der Waals surface area contributed by atoms with Crippen molar-refractivity contribution in [2.45, 2.75) is 32.4 Å². The van der Waals surface area contributed by atoms with Crippen LogP contribution in [0.15, 0.2) is 36.4 Å². The van der Waals surface area contributed by atoms with Crippen molar-refractivity contribution in [2.24, 2.45) is 5.92 Å². The maximum atomic E-state index is 12.8. The van der Waals surface area contributed by atoms with E-state index in [9.17, 15) is 13.2 Å². The summed E-state index contributed by atoms with van der Waals surface area (Å²) in [6.07, 6.45) is 0.957. The smallest absolute Gasteiger partial charge is 0.227 e. The molecular weight excluding hydrogens is 431 g/mol. The predicted octanol–water partition coefficient (Wildman–Crippen LogP) is 4.79. The summed E-state index contributed by atoms with van der Waals surface area (Å²) in [5.74, 6) is -0.527. The van der Waals surface area contributed by atoms with Gasteiger partial charge in [-0.25, -0.2) is 12.7 Å². The molecule has 3 rings (SSSR count). The molecule has 1 heterocycles. The Morgan fingerprint density at radius 2 is 1.66 bits per heavy atom. The summed E-state index contributed by atoms with van der Waals surface area (Å²) in [5, 5.41) is 3.66. The van der Waals surface area contributed by atoms with E-state index in [1.54, 1.807) is 18.2 Å². The lowest BCUT2D eigenvalue weighted by Gasteiger charge is -2.31. The van der Waals surface area contributed by atoms with Crippen molar-refractivity contribution in [3.63, 3.8) is 0 Å². The van der Waals surface area contributed by atoms with Gasteiger partial charge >= 0.3 is 0 Å². The first-order chi connectivity index (χ1) is 13.7. The first-order valence-electron chi connectivity index (χ1n) is 9.47. The minimum atomic E-state index is -3.57. The maximum Gasteiger partial charge on any atom is 0.227 e. The van der Waals surface area contributed by atoms with E-state index in [-0.39, 0.29) is 17.6 Å². The summed E-state index contributed by atoms with van der Waals surface area (Å²) in [6.45, 7) is 4.57. The van der Waals surface area contributed by atoms with Gasteiger partial charge in [0.05, 0.1) is 5.75 Å². The largest absolute Gasteiger partial charge is 0.326 e. The molecule has 1 N–H and O–H groups in total. The molecule has 0 aromatic heterocycles. The van der Waals surface area contributed by atoms with Crippen molar-refractivity contribution in [1.82, 2.24) is 4.31 Å². The van der Waals surface area contributed by atoms with Gasteiger partial charge in [-0.1, -0.05) is 41.4 Å². The zero-order valence-electron chi connectivity index (χ0n) is 16.4. The van der Waals surface area contributed by atoms with Crippen molar-refractivity contribution in [3.05, 3.63) is 63.1 Å². The van der Waals surface area contributed by atoms with E-state index in [0.717, 1.165) is 16.8 Å². The Kier molecular flexibility index (Phi) is 6.89. The quantitative estimate of drug-likeness (QED) is 0.705. The van der Waals surface area contributed by atoms with Crippen molar-refractivity contribution >= 4 is 44.8 Å². The number of aryl methyl sites for hydroxylation is 1. The predicted molar refractivity (Wildman–Crippen MR) is 118 cm³/mol. The molecule has 2 aromatic carbocycles. The molecule has 29 heavy (non-hydrogen) atoms. The molecule has 0 saturated carbocycles. The van der Waals surface area contributed by atoms with E-state index in [2.05, 4.69) is 5.32 Å². The lowest BCUT2D eigenvalue weighted by Crippen LogP contribution is -2.42. The zero-order chi connectivity index (χ0) is 21.2. The van der Waals surface area contributed by atoms with Crippen LogP contribution in [0.1, 0.15) is 29.5 Å². The number of carbonyl (C=O) groups excluding carboxylic acids is 1. The second-order valence-corrected chi connectivity index (χ2v) is 10.1. The number of hydrogen-bond donors (Lipinski definition) is 1. The van der Waals surface area contributed by atoms with Crippen molar-refractivity contribution in [3.8, 4) is 0 Å². The molecule has 0 radical (unpaired) electrons. The average Bonchev–Trinajstić information content (AvgIpc) is 2.68. The van der Waals surface area contributed by atoms with Gasteiger partial charge in [0.25, 0.3) is 0 Å². The minimum Gasteiger partial charge on any atom is -0.326 e. The number of benzene rings is 2. The third-order valence-electron chi connectivity index (χ3n) is 5.47. The molecule has 8 heteroatoms. The van der Waals surface area contributed by atoms with Gasteiger partial charge in [-0.05, 0) is 56.0 Å². The van der Waals surface area contributed by atoms with Crippen molar-refractivity contribution in [2.75, 3.05) is 18.4 Å². The maximum absolute atomic E-state index is 12.8. The molecule has 1 amide bonds. The summed E-state index contributed by atoms with van der Waals surface area (Å²) >= 11 is 12.2. The molecule has 2 aromatic rings. The molecule has 0 unspecified atom stereocenters. The van der Waals surface area contributed by atoms with E-state index in [4.69, 9.17) is 23.2 Å². The van der Waals surface area contributed by atoms with Gasteiger partial charge in [0.1, 0.15) is 0 Å². The molecular formula is C21H24Cl2N2O3S. The number of nitrogens with zero attached hydrogens (tertiary/aromatic N) is 1. The topological polar surface area (TPSA) is 66.5 Å². The molecule has 0 spiro atoms. The Morgan fingerprint density at radius 3 is 2.28 bits per heavy atom. The summed E-state index contributed by atoms with van der Waals surface area (Å²) in [4.78, 5) is 12.7. The monoisotopic (exact) mass is 454 g/mol. The van der Waals surface area contributed by atoms with Gasteiger partial charge in [-0.3, -0.25) is 4.79 Å². The molecule has 0 aliphatic carbocycles. The summed E-state index contributed by atoms with van der Waals surface area (Å²) in [7, 11) is -3.57. The molecule has 5 nitrogen and oxygen atoms in total. The van der Waals surface area contributed by atoms with Gasteiger partial charge in [0.15, 0.2) is 0 Å². The van der Waals surface area contributed by atoms with Crippen LogP contribution in [-0.4, -0.2) is 31.7 Å². The Morgan fingerprint density at radius 1 is 1.07 bits per heavy atom. The third kappa shape index (κ3) is 5.12. The third-order valence-corrected chi connectivity index (χ3v) is 7.98. The van der Waals surface area contributed by atoms with Crippen molar-refractivity contribution in [1.29, 1.82) is 0 Å². The molecule has 1 fully saturated rings. The number of sulfonamides is 1. The number of rotatable bonds is 5. The van der Waals surface area contributed by atoms with E-state index in [1.165, 1.54) is 4.31 Å². The summed E-state index contributed by atoms with van der Waals surface area (Å²) in [6, 6.07) is 10.7. The van der Waals surface area contributed by atoms with Crippen LogP contribution in [0.3, 0.4) is 0 Å². The number of carbonyl (C=O) groups is 1. The number of halogens is 2. The highest BCUT2D eigenvalue weighted by atomic mass is 35.5. The summed E-state index contributed by atoms with van der Waals surface area (Å²) in [5.41, 5.74) is 3.36. The number of nitrogens with one attached hydrogen (secondary N) is 1. The molecule has 0 bridgehead atoms. The zero-order valence-corrected chi connectivity index (χ0v) is 18.7. The van der Waals surface area contributed by atoms with Gasteiger partial charge in [-0.2, -0.15) is 0 Å². The van der Waals surface area contributed by atoms with E-state index in [1.807, 2.05) is 32.0 Å². The second kappa shape index (κ2) is 9.04. The van der Waals surface area contributed by atoms with Crippen LogP contribution >= 0.6 is 23.2 Å². The lowest BCUT2D eigenvalue weighted by atomic mass is 9.97. The van der Waals surface area contributed by atoms with Gasteiger partial charge in [0, 0.05) is 40.3 Å². The van der Waals surface area contributed by atoms with Crippen LogP contribution in [0.25, 0.3) is 0 Å². The van der Waals surface area contributed by atoms with Crippen LogP contribution < -0.4 is 5.32 Å². The fraction of sp³-hybridized carbons (Fsp3) is 0.381. The van der Waals surface area contributed by atoms with Crippen LogP contribution in [0, 0.1) is 19.8 Å². The van der Waals surface area contributed by atoms with E-state index < -0.39 is 10.0 Å². The average molecular weight is 455 g/mol. The minimum absolute atomic E-state index is 0.0649. The normalized spacial score (nSPS) is 16.0. The lowest BCUT2D eigenvalue weighted by molar-refractivity contribution is -0.120. The van der Waals surface area contributed by atoms with Crippen LogP contribution in [0.4, 0.5) is 5.69 Å².